The first kappa shape index (κ1) is 14.0. The summed E-state index contributed by atoms with van der Waals surface area (Å²) in [7, 11) is -3.47. The third kappa shape index (κ3) is 4.02. The van der Waals surface area contributed by atoms with Gasteiger partial charge in [-0.3, -0.25) is 10.1 Å². The Balaban J connectivity index is 3.13. The molecule has 0 aliphatic heterocycles. The number of hydrogen-bond donors (Lipinski definition) is 1. The van der Waals surface area contributed by atoms with Gasteiger partial charge >= 0.3 is 0 Å². The first-order valence-corrected chi connectivity index (χ1v) is 6.96. The van der Waals surface area contributed by atoms with Gasteiger partial charge in [-0.25, -0.2) is 17.5 Å². The van der Waals surface area contributed by atoms with Crippen molar-refractivity contribution in [3.63, 3.8) is 0 Å². The van der Waals surface area contributed by atoms with Gasteiger partial charge in [-0.2, -0.15) is 0 Å². The van der Waals surface area contributed by atoms with Gasteiger partial charge in [0.15, 0.2) is 0 Å². The maximum atomic E-state index is 13.1. The molecule has 0 radical (unpaired) electrons. The highest BCUT2D eigenvalue weighted by Gasteiger charge is 2.18. The van der Waals surface area contributed by atoms with Gasteiger partial charge in [0.2, 0.25) is 10.0 Å². The van der Waals surface area contributed by atoms with Gasteiger partial charge in [-0.05, 0) is 22.0 Å². The molecule has 0 aromatic heterocycles. The fourth-order valence-corrected chi connectivity index (χ4v) is 1.91. The summed E-state index contributed by atoms with van der Waals surface area (Å²) in [5.41, 5.74) is -0.393. The van der Waals surface area contributed by atoms with Crippen LogP contribution in [0.2, 0.25) is 0 Å². The van der Waals surface area contributed by atoms with Gasteiger partial charge in [0.05, 0.1) is 21.7 Å². The Morgan fingerprint density at radius 2 is 2.12 bits per heavy atom. The molecule has 0 unspecified atom stereocenters. The number of hydrogen-bond acceptors (Lipinski definition) is 4. The molecule has 0 heterocycles. The average Bonchev–Trinajstić information content (AvgIpc) is 2.17. The van der Waals surface area contributed by atoms with Gasteiger partial charge in [0.1, 0.15) is 5.82 Å². The van der Waals surface area contributed by atoms with Crippen molar-refractivity contribution in [1.29, 1.82) is 0 Å². The molecule has 0 fully saturated rings. The third-order valence-electron chi connectivity index (χ3n) is 1.84. The van der Waals surface area contributed by atoms with E-state index in [1.54, 1.807) is 0 Å². The Morgan fingerprint density at radius 3 is 2.59 bits per heavy atom. The van der Waals surface area contributed by atoms with Crippen LogP contribution in [0.15, 0.2) is 16.6 Å². The molecular formula is C8H8BrFN2O4S. The van der Waals surface area contributed by atoms with E-state index in [9.17, 15) is 22.9 Å². The quantitative estimate of drug-likeness (QED) is 0.671. The number of benzene rings is 1. The van der Waals surface area contributed by atoms with Crippen LogP contribution in [0.4, 0.5) is 10.1 Å². The number of halogens is 2. The van der Waals surface area contributed by atoms with E-state index in [0.29, 0.717) is 0 Å². The Bertz CT molecular complexity index is 561. The van der Waals surface area contributed by atoms with E-state index in [4.69, 9.17) is 0 Å². The topological polar surface area (TPSA) is 89.3 Å². The van der Waals surface area contributed by atoms with E-state index in [1.807, 2.05) is 0 Å². The molecule has 0 atom stereocenters. The Hall–Kier alpha value is -1.06. The van der Waals surface area contributed by atoms with Crippen LogP contribution in [0.25, 0.3) is 0 Å². The number of nitrogens with one attached hydrogen (secondary N) is 1. The van der Waals surface area contributed by atoms with Crippen molar-refractivity contribution in [2.24, 2.45) is 0 Å². The molecular weight excluding hydrogens is 319 g/mol. The maximum absolute atomic E-state index is 13.1. The van der Waals surface area contributed by atoms with E-state index in [-0.39, 0.29) is 16.6 Å². The van der Waals surface area contributed by atoms with Gasteiger partial charge in [0.25, 0.3) is 5.69 Å². The molecule has 9 heteroatoms. The molecule has 0 amide bonds. The second kappa shape index (κ2) is 5.07. The zero-order chi connectivity index (χ0) is 13.2. The van der Waals surface area contributed by atoms with Gasteiger partial charge in [0, 0.05) is 12.1 Å². The molecule has 1 rings (SSSR count). The summed E-state index contributed by atoms with van der Waals surface area (Å²) in [6, 6.07) is 1.91. The first-order valence-electron chi connectivity index (χ1n) is 4.27. The number of nitro benzene ring substituents is 1. The zero-order valence-corrected chi connectivity index (χ0v) is 11.0. The molecule has 6 nitrogen and oxygen atoms in total. The summed E-state index contributed by atoms with van der Waals surface area (Å²) in [4.78, 5) is 9.89. The minimum Gasteiger partial charge on any atom is -0.258 e. The summed E-state index contributed by atoms with van der Waals surface area (Å²) in [6.07, 6.45) is 0.928. The molecule has 0 spiro atoms. The summed E-state index contributed by atoms with van der Waals surface area (Å²) in [6.45, 7) is -0.270. The standard InChI is InChI=1S/C8H8BrFN2O4S/c1-17(15,16)11-4-5-2-6(9)7(10)3-8(5)12(13)14/h2-3,11H,4H2,1H3. The van der Waals surface area contributed by atoms with E-state index >= 15 is 0 Å². The average molecular weight is 327 g/mol. The summed E-state index contributed by atoms with van der Waals surface area (Å²) < 4.78 is 37.0. The van der Waals surface area contributed by atoms with E-state index in [2.05, 4.69) is 20.7 Å². The lowest BCUT2D eigenvalue weighted by Crippen LogP contribution is -2.21. The molecule has 0 saturated heterocycles. The normalized spacial score (nSPS) is 11.5. The van der Waals surface area contributed by atoms with Crippen molar-refractivity contribution >= 4 is 31.6 Å². The maximum Gasteiger partial charge on any atom is 0.276 e. The smallest absolute Gasteiger partial charge is 0.258 e. The first-order chi connectivity index (χ1) is 7.70. The van der Waals surface area contributed by atoms with Crippen molar-refractivity contribution < 1.29 is 17.7 Å². The van der Waals surface area contributed by atoms with Crippen LogP contribution in [0.1, 0.15) is 5.56 Å². The zero-order valence-electron chi connectivity index (χ0n) is 8.61. The lowest BCUT2D eigenvalue weighted by atomic mass is 10.2. The van der Waals surface area contributed by atoms with E-state index in [0.717, 1.165) is 12.3 Å². The lowest BCUT2D eigenvalue weighted by molar-refractivity contribution is -0.385. The number of nitro groups is 1. The summed E-state index contributed by atoms with van der Waals surface area (Å²) in [5.74, 6) is -0.778. The molecule has 1 N–H and O–H groups in total. The van der Waals surface area contributed by atoms with Crippen molar-refractivity contribution in [2.45, 2.75) is 6.54 Å². The fraction of sp³-hybridized carbons (Fsp3) is 0.250. The second-order valence-corrected chi connectivity index (χ2v) is 5.93. The highest BCUT2D eigenvalue weighted by molar-refractivity contribution is 9.10. The van der Waals surface area contributed by atoms with Crippen molar-refractivity contribution in [3.05, 3.63) is 38.1 Å². The molecule has 0 bridgehead atoms. The van der Waals surface area contributed by atoms with Crippen LogP contribution < -0.4 is 4.72 Å². The van der Waals surface area contributed by atoms with E-state index in [1.165, 1.54) is 6.07 Å². The van der Waals surface area contributed by atoms with Crippen LogP contribution in [-0.4, -0.2) is 19.6 Å². The monoisotopic (exact) mass is 326 g/mol. The minimum atomic E-state index is -3.47. The molecule has 17 heavy (non-hydrogen) atoms. The third-order valence-corrected chi connectivity index (χ3v) is 3.12. The predicted octanol–water partition coefficient (Wildman–Crippen LogP) is 1.55. The van der Waals surface area contributed by atoms with E-state index < -0.39 is 26.5 Å². The minimum absolute atomic E-state index is 0.0356. The fourth-order valence-electron chi connectivity index (χ4n) is 1.10. The van der Waals surface area contributed by atoms with Crippen LogP contribution >= 0.6 is 15.9 Å². The van der Waals surface area contributed by atoms with Crippen molar-refractivity contribution in [3.8, 4) is 0 Å². The summed E-state index contributed by atoms with van der Waals surface area (Å²) >= 11 is 2.87. The Labute approximate surface area is 105 Å². The van der Waals surface area contributed by atoms with Crippen LogP contribution in [0.3, 0.4) is 0 Å². The van der Waals surface area contributed by atoms with Crippen molar-refractivity contribution in [2.75, 3.05) is 6.26 Å². The molecule has 0 aliphatic rings. The largest absolute Gasteiger partial charge is 0.276 e. The second-order valence-electron chi connectivity index (χ2n) is 3.25. The Kier molecular flexibility index (Phi) is 4.17. The van der Waals surface area contributed by atoms with Crippen molar-refractivity contribution in [1.82, 2.24) is 4.72 Å². The van der Waals surface area contributed by atoms with Gasteiger partial charge in [-0.1, -0.05) is 0 Å². The highest BCUT2D eigenvalue weighted by Crippen LogP contribution is 2.26. The molecule has 0 aliphatic carbocycles. The van der Waals surface area contributed by atoms with Gasteiger partial charge < -0.3 is 0 Å². The molecule has 0 saturated carbocycles. The lowest BCUT2D eigenvalue weighted by Gasteiger charge is -2.05. The predicted molar refractivity (Wildman–Crippen MR) is 62.4 cm³/mol. The highest BCUT2D eigenvalue weighted by atomic mass is 79.9. The summed E-state index contributed by atoms with van der Waals surface area (Å²) in [5, 5.41) is 10.7. The number of rotatable bonds is 4. The Morgan fingerprint density at radius 1 is 1.53 bits per heavy atom. The van der Waals surface area contributed by atoms with Crippen LogP contribution in [-0.2, 0) is 16.6 Å². The van der Waals surface area contributed by atoms with Crippen LogP contribution in [0.5, 0.6) is 0 Å². The number of sulfonamides is 1. The molecule has 1 aromatic carbocycles. The molecule has 1 aromatic rings. The number of nitrogens with zero attached hydrogens (tertiary/aromatic N) is 1. The molecule has 94 valence electrons. The van der Waals surface area contributed by atoms with Crippen LogP contribution in [0, 0.1) is 15.9 Å². The van der Waals surface area contributed by atoms with Gasteiger partial charge in [-0.15, -0.1) is 0 Å². The SMILES string of the molecule is CS(=O)(=O)NCc1cc(Br)c(F)cc1[N+](=O)[O-].